The van der Waals surface area contributed by atoms with E-state index in [0.717, 1.165) is 5.56 Å². The Bertz CT molecular complexity index is 584. The fraction of sp³-hybridized carbons (Fsp3) is 0.357. The maximum Gasteiger partial charge on any atom is 0.336 e. The van der Waals surface area contributed by atoms with E-state index < -0.39 is 12.0 Å². The van der Waals surface area contributed by atoms with Crippen molar-refractivity contribution in [2.75, 3.05) is 26.0 Å². The maximum absolute atomic E-state index is 11.9. The van der Waals surface area contributed by atoms with Crippen molar-refractivity contribution in [1.29, 1.82) is 0 Å². The van der Waals surface area contributed by atoms with Crippen molar-refractivity contribution in [1.82, 2.24) is 10.2 Å². The molecule has 1 rings (SSSR count). The van der Waals surface area contributed by atoms with Gasteiger partial charge in [0, 0.05) is 19.8 Å². The Morgan fingerprint density at radius 1 is 1.24 bits per heavy atom. The molecular weight excluding hydrogens is 274 g/mol. The molecule has 0 aliphatic rings. The van der Waals surface area contributed by atoms with Gasteiger partial charge in [-0.1, -0.05) is 0 Å². The normalized spacial score (nSPS) is 9.90. The Labute approximate surface area is 122 Å². The molecule has 1 aromatic rings. The number of carboxylic acid groups (broad SMARTS) is 1. The van der Waals surface area contributed by atoms with Crippen LogP contribution >= 0.6 is 0 Å². The van der Waals surface area contributed by atoms with Crippen LogP contribution in [0.25, 0.3) is 0 Å². The van der Waals surface area contributed by atoms with E-state index in [1.54, 1.807) is 19.9 Å². The van der Waals surface area contributed by atoms with E-state index >= 15 is 0 Å². The van der Waals surface area contributed by atoms with Crippen LogP contribution in [0.3, 0.4) is 0 Å². The lowest BCUT2D eigenvalue weighted by molar-refractivity contribution is -0.120. The second-order valence-electron chi connectivity index (χ2n) is 4.73. The molecule has 0 aliphatic carbocycles. The van der Waals surface area contributed by atoms with Crippen molar-refractivity contribution < 1.29 is 19.5 Å². The average Bonchev–Trinajstić information content (AvgIpc) is 2.41. The third kappa shape index (κ3) is 4.20. The first-order valence-corrected chi connectivity index (χ1v) is 6.33. The molecule has 0 saturated heterocycles. The number of rotatable bonds is 4. The summed E-state index contributed by atoms with van der Waals surface area (Å²) in [6.45, 7) is 3.40. The Morgan fingerprint density at radius 2 is 1.86 bits per heavy atom. The van der Waals surface area contributed by atoms with Crippen LogP contribution in [0.15, 0.2) is 12.1 Å². The number of nitrogens with one attached hydrogen (secondary N) is 2. The van der Waals surface area contributed by atoms with E-state index in [1.165, 1.54) is 25.1 Å². The van der Waals surface area contributed by atoms with Crippen molar-refractivity contribution in [3.8, 4) is 0 Å². The molecule has 1 aromatic carbocycles. The summed E-state index contributed by atoms with van der Waals surface area (Å²) in [5.41, 5.74) is 1.93. The van der Waals surface area contributed by atoms with Gasteiger partial charge in [-0.25, -0.2) is 9.59 Å². The molecule has 0 aliphatic heterocycles. The van der Waals surface area contributed by atoms with E-state index in [2.05, 4.69) is 10.6 Å². The van der Waals surface area contributed by atoms with Crippen LogP contribution in [0.1, 0.15) is 21.5 Å². The molecule has 21 heavy (non-hydrogen) atoms. The van der Waals surface area contributed by atoms with Gasteiger partial charge >= 0.3 is 12.0 Å². The molecule has 0 heterocycles. The summed E-state index contributed by atoms with van der Waals surface area (Å²) in [6.07, 6.45) is 0. The quantitative estimate of drug-likeness (QED) is 0.777. The van der Waals surface area contributed by atoms with Crippen LogP contribution in [-0.2, 0) is 4.79 Å². The van der Waals surface area contributed by atoms with Gasteiger partial charge in [-0.3, -0.25) is 4.79 Å². The van der Waals surface area contributed by atoms with Crippen LogP contribution in [-0.4, -0.2) is 48.6 Å². The van der Waals surface area contributed by atoms with Gasteiger partial charge in [0.2, 0.25) is 5.91 Å². The molecular formula is C14H19N3O4. The van der Waals surface area contributed by atoms with E-state index in [9.17, 15) is 14.4 Å². The zero-order chi connectivity index (χ0) is 16.2. The second-order valence-corrected chi connectivity index (χ2v) is 4.73. The Kier molecular flexibility index (Phi) is 5.29. The lowest BCUT2D eigenvalue weighted by Crippen LogP contribution is -2.39. The number of nitrogens with zero attached hydrogens (tertiary/aromatic N) is 1. The molecule has 0 atom stereocenters. The van der Waals surface area contributed by atoms with E-state index in [-0.39, 0.29) is 18.0 Å². The first-order chi connectivity index (χ1) is 9.76. The van der Waals surface area contributed by atoms with Crippen molar-refractivity contribution in [2.45, 2.75) is 13.8 Å². The number of carboxylic acids is 1. The van der Waals surface area contributed by atoms with Gasteiger partial charge in [-0.2, -0.15) is 0 Å². The molecule has 7 heteroatoms. The first-order valence-electron chi connectivity index (χ1n) is 6.33. The fourth-order valence-corrected chi connectivity index (χ4v) is 1.74. The summed E-state index contributed by atoms with van der Waals surface area (Å²) in [7, 11) is 2.96. The Hall–Kier alpha value is -2.57. The summed E-state index contributed by atoms with van der Waals surface area (Å²) in [4.78, 5) is 35.5. The minimum Gasteiger partial charge on any atom is -0.478 e. The summed E-state index contributed by atoms with van der Waals surface area (Å²) in [5, 5.41) is 14.1. The van der Waals surface area contributed by atoms with Gasteiger partial charge in [-0.05, 0) is 37.1 Å². The molecule has 114 valence electrons. The number of benzene rings is 1. The van der Waals surface area contributed by atoms with Gasteiger partial charge in [0.05, 0.1) is 5.56 Å². The monoisotopic (exact) mass is 293 g/mol. The first kappa shape index (κ1) is 16.5. The highest BCUT2D eigenvalue weighted by Crippen LogP contribution is 2.20. The zero-order valence-corrected chi connectivity index (χ0v) is 12.5. The van der Waals surface area contributed by atoms with Crippen LogP contribution in [0.4, 0.5) is 10.5 Å². The van der Waals surface area contributed by atoms with Crippen molar-refractivity contribution >= 4 is 23.6 Å². The molecule has 0 spiro atoms. The van der Waals surface area contributed by atoms with E-state index in [4.69, 9.17) is 5.11 Å². The average molecular weight is 293 g/mol. The van der Waals surface area contributed by atoms with Crippen molar-refractivity contribution in [2.24, 2.45) is 0 Å². The minimum atomic E-state index is -1.05. The maximum atomic E-state index is 11.9. The number of anilines is 1. The summed E-state index contributed by atoms with van der Waals surface area (Å²) >= 11 is 0. The minimum absolute atomic E-state index is 0.0844. The van der Waals surface area contributed by atoms with Gasteiger partial charge in [0.15, 0.2) is 0 Å². The number of aromatic carboxylic acids is 1. The molecule has 0 aromatic heterocycles. The largest absolute Gasteiger partial charge is 0.478 e. The molecule has 0 bridgehead atoms. The molecule has 0 saturated carbocycles. The smallest absolute Gasteiger partial charge is 0.336 e. The highest BCUT2D eigenvalue weighted by atomic mass is 16.4. The number of urea groups is 1. The number of hydrogen-bond donors (Lipinski definition) is 3. The van der Waals surface area contributed by atoms with Gasteiger partial charge in [0.25, 0.3) is 0 Å². The van der Waals surface area contributed by atoms with Gasteiger partial charge < -0.3 is 20.6 Å². The van der Waals surface area contributed by atoms with E-state index in [1.807, 2.05) is 0 Å². The predicted octanol–water partition coefficient (Wildman–Crippen LogP) is 1.21. The van der Waals surface area contributed by atoms with Crippen molar-refractivity contribution in [3.63, 3.8) is 0 Å². The van der Waals surface area contributed by atoms with E-state index in [0.29, 0.717) is 11.3 Å². The summed E-state index contributed by atoms with van der Waals surface area (Å²) in [6, 6.07) is 2.60. The SMILES string of the molecule is CNC(=O)CN(C)C(=O)Nc1cc(C)c(C)c(C(=O)O)c1. The lowest BCUT2D eigenvalue weighted by Gasteiger charge is -2.18. The number of carbonyl (C=O) groups is 3. The molecule has 3 amide bonds. The third-order valence-corrected chi connectivity index (χ3v) is 3.16. The number of amides is 3. The van der Waals surface area contributed by atoms with Crippen LogP contribution < -0.4 is 10.6 Å². The molecule has 7 nitrogen and oxygen atoms in total. The topological polar surface area (TPSA) is 98.7 Å². The highest BCUT2D eigenvalue weighted by molar-refractivity contribution is 5.95. The summed E-state index contributed by atoms with van der Waals surface area (Å²) < 4.78 is 0. The third-order valence-electron chi connectivity index (χ3n) is 3.16. The van der Waals surface area contributed by atoms with Crippen LogP contribution in [0.2, 0.25) is 0 Å². The number of carbonyl (C=O) groups excluding carboxylic acids is 2. The Morgan fingerprint density at radius 3 is 2.38 bits per heavy atom. The number of hydrogen-bond acceptors (Lipinski definition) is 3. The predicted molar refractivity (Wildman–Crippen MR) is 78.6 cm³/mol. The fourth-order valence-electron chi connectivity index (χ4n) is 1.74. The number of aryl methyl sites for hydroxylation is 1. The van der Waals surface area contributed by atoms with Crippen molar-refractivity contribution in [3.05, 3.63) is 28.8 Å². The summed E-state index contributed by atoms with van der Waals surface area (Å²) in [5.74, 6) is -1.34. The number of likely N-dealkylation sites (N-methyl/N-ethyl adjacent to an activating group) is 2. The van der Waals surface area contributed by atoms with Crippen LogP contribution in [0, 0.1) is 13.8 Å². The molecule has 0 fully saturated rings. The molecule has 3 N–H and O–H groups in total. The van der Waals surface area contributed by atoms with Crippen LogP contribution in [0.5, 0.6) is 0 Å². The zero-order valence-electron chi connectivity index (χ0n) is 12.5. The molecule has 0 radical (unpaired) electrons. The second kappa shape index (κ2) is 6.74. The van der Waals surface area contributed by atoms with Gasteiger partial charge in [0.1, 0.15) is 6.54 Å². The lowest BCUT2D eigenvalue weighted by atomic mass is 10.0. The Balaban J connectivity index is 2.90. The molecule has 0 unspecified atom stereocenters. The highest BCUT2D eigenvalue weighted by Gasteiger charge is 2.15. The van der Waals surface area contributed by atoms with Gasteiger partial charge in [-0.15, -0.1) is 0 Å². The standard InChI is InChI=1S/C14H19N3O4/c1-8-5-10(6-11(9(8)2)13(19)20)16-14(21)17(4)7-12(18)15-3/h5-6H,7H2,1-4H3,(H,15,18)(H,16,21)(H,19,20).